The minimum absolute atomic E-state index is 0.00133. The van der Waals surface area contributed by atoms with Crippen LogP contribution in [0.15, 0.2) is 36.4 Å². The molecule has 1 aliphatic rings. The van der Waals surface area contributed by atoms with Crippen molar-refractivity contribution in [3.05, 3.63) is 47.8 Å². The van der Waals surface area contributed by atoms with Gasteiger partial charge >= 0.3 is 0 Å². The van der Waals surface area contributed by atoms with Crippen LogP contribution in [0.2, 0.25) is 0 Å². The first-order chi connectivity index (χ1) is 14.1. The first-order valence-corrected chi connectivity index (χ1v) is 11.2. The number of benzene rings is 2. The number of hydrogen-bond acceptors (Lipinski definition) is 6. The van der Waals surface area contributed by atoms with E-state index in [0.717, 1.165) is 50.5 Å². The number of carbonyl (C=O) groups is 1. The van der Waals surface area contributed by atoms with Gasteiger partial charge < -0.3 is 10.2 Å². The van der Waals surface area contributed by atoms with Crippen molar-refractivity contribution in [2.24, 2.45) is 5.92 Å². The topological polar surface area (TPSA) is 58.1 Å². The Kier molecular flexibility index (Phi) is 4.67. The van der Waals surface area contributed by atoms with Crippen LogP contribution in [-0.4, -0.2) is 29.0 Å². The second-order valence-corrected chi connectivity index (χ2v) is 9.36. The van der Waals surface area contributed by atoms with Gasteiger partial charge in [0.25, 0.3) is 0 Å². The fourth-order valence-electron chi connectivity index (χ4n) is 3.73. The van der Waals surface area contributed by atoms with Crippen LogP contribution in [0.4, 0.5) is 14.7 Å². The molecule has 5 rings (SSSR count). The lowest BCUT2D eigenvalue weighted by Gasteiger charge is -2.31. The van der Waals surface area contributed by atoms with Crippen LogP contribution < -0.4 is 10.2 Å². The zero-order valence-corrected chi connectivity index (χ0v) is 17.4. The molecule has 1 N–H and O–H groups in total. The van der Waals surface area contributed by atoms with E-state index in [1.165, 1.54) is 34.8 Å². The van der Waals surface area contributed by atoms with Gasteiger partial charge in [-0.3, -0.25) is 4.79 Å². The van der Waals surface area contributed by atoms with E-state index in [4.69, 9.17) is 0 Å². The predicted molar refractivity (Wildman–Crippen MR) is 118 cm³/mol. The molecule has 3 heterocycles. The molecule has 148 valence electrons. The number of thiazole rings is 2. The van der Waals surface area contributed by atoms with Crippen molar-refractivity contribution in [1.29, 1.82) is 0 Å². The van der Waals surface area contributed by atoms with Gasteiger partial charge in [0.1, 0.15) is 5.82 Å². The highest BCUT2D eigenvalue weighted by atomic mass is 32.1. The summed E-state index contributed by atoms with van der Waals surface area (Å²) in [5, 5.41) is 4.50. The summed E-state index contributed by atoms with van der Waals surface area (Å²) in [6.07, 6.45) is 1.76. The van der Waals surface area contributed by atoms with Crippen LogP contribution in [0, 0.1) is 18.7 Å². The third kappa shape index (κ3) is 3.58. The minimum Gasteiger partial charge on any atom is -0.347 e. The number of rotatable bonds is 3. The van der Waals surface area contributed by atoms with Crippen LogP contribution in [-0.2, 0) is 4.79 Å². The number of para-hydroxylation sites is 1. The van der Waals surface area contributed by atoms with E-state index in [0.29, 0.717) is 11.7 Å². The number of aromatic nitrogens is 2. The number of anilines is 2. The molecule has 1 unspecified atom stereocenters. The molecule has 0 spiro atoms. The van der Waals surface area contributed by atoms with Crippen molar-refractivity contribution in [2.75, 3.05) is 23.3 Å². The zero-order chi connectivity index (χ0) is 20.0. The highest BCUT2D eigenvalue weighted by molar-refractivity contribution is 7.22. The Morgan fingerprint density at radius 1 is 1.21 bits per heavy atom. The smallest absolute Gasteiger partial charge is 0.231 e. The molecule has 2 aromatic heterocycles. The number of halogens is 1. The fraction of sp³-hybridized carbons (Fsp3) is 0.286. The minimum atomic E-state index is -0.255. The van der Waals surface area contributed by atoms with Gasteiger partial charge in [-0.05, 0) is 49.6 Å². The van der Waals surface area contributed by atoms with Crippen molar-refractivity contribution >= 4 is 59.3 Å². The lowest BCUT2D eigenvalue weighted by Crippen LogP contribution is -2.40. The Balaban J connectivity index is 1.32. The lowest BCUT2D eigenvalue weighted by molar-refractivity contribution is -0.120. The summed E-state index contributed by atoms with van der Waals surface area (Å²) in [6, 6.07) is 10.7. The third-order valence-corrected chi connectivity index (χ3v) is 7.27. The number of hydrogen-bond donors (Lipinski definition) is 1. The standard InChI is InChI=1S/C21H19FN4OS2/c1-12-4-2-6-16-18(12)24-20(28-16)25-19(27)13-5-3-9-26(11-13)21-23-15-8-7-14(22)10-17(15)29-21/h2,4,6-8,10,13H,3,5,9,11H2,1H3,(H,24,25,27). The summed E-state index contributed by atoms with van der Waals surface area (Å²) in [7, 11) is 0. The van der Waals surface area contributed by atoms with E-state index in [2.05, 4.69) is 20.2 Å². The number of nitrogens with zero attached hydrogens (tertiary/aromatic N) is 3. The molecular formula is C21H19FN4OS2. The number of piperidine rings is 1. The van der Waals surface area contributed by atoms with Crippen molar-refractivity contribution in [2.45, 2.75) is 19.8 Å². The number of aryl methyl sites for hydroxylation is 1. The van der Waals surface area contributed by atoms with Gasteiger partial charge in [0, 0.05) is 13.1 Å². The Bertz CT molecular complexity index is 1220. The maximum atomic E-state index is 13.5. The quantitative estimate of drug-likeness (QED) is 0.489. The first-order valence-electron chi connectivity index (χ1n) is 9.55. The molecule has 1 amide bonds. The average molecular weight is 427 g/mol. The van der Waals surface area contributed by atoms with E-state index >= 15 is 0 Å². The van der Waals surface area contributed by atoms with Gasteiger partial charge in [-0.25, -0.2) is 14.4 Å². The molecule has 1 aliphatic heterocycles. The molecule has 0 aliphatic carbocycles. The van der Waals surface area contributed by atoms with Crippen molar-refractivity contribution in [3.63, 3.8) is 0 Å². The SMILES string of the molecule is Cc1cccc2sc(NC(=O)C3CCCN(c4nc5ccc(F)cc5s4)C3)nc12. The second-order valence-electron chi connectivity index (χ2n) is 7.32. The largest absolute Gasteiger partial charge is 0.347 e. The Morgan fingerprint density at radius 3 is 2.97 bits per heavy atom. The Morgan fingerprint density at radius 2 is 2.10 bits per heavy atom. The van der Waals surface area contributed by atoms with Crippen LogP contribution in [0.3, 0.4) is 0 Å². The summed E-state index contributed by atoms with van der Waals surface area (Å²) in [5.41, 5.74) is 2.85. The summed E-state index contributed by atoms with van der Waals surface area (Å²) in [4.78, 5) is 24.2. The molecule has 1 saturated heterocycles. The molecule has 0 bridgehead atoms. The number of amides is 1. The van der Waals surface area contributed by atoms with Gasteiger partial charge in [-0.15, -0.1) is 0 Å². The van der Waals surface area contributed by atoms with Gasteiger partial charge in [0.2, 0.25) is 5.91 Å². The molecule has 1 fully saturated rings. The summed E-state index contributed by atoms with van der Waals surface area (Å²) in [6.45, 7) is 3.49. The first kappa shape index (κ1) is 18.4. The Labute approximate surface area is 175 Å². The van der Waals surface area contributed by atoms with Crippen LogP contribution in [0.5, 0.6) is 0 Å². The normalized spacial score (nSPS) is 17.2. The van der Waals surface area contributed by atoms with Gasteiger partial charge in [0.05, 0.1) is 26.4 Å². The molecule has 1 atom stereocenters. The predicted octanol–water partition coefficient (Wildman–Crippen LogP) is 5.21. The van der Waals surface area contributed by atoms with Crippen LogP contribution >= 0.6 is 22.7 Å². The van der Waals surface area contributed by atoms with Crippen molar-refractivity contribution < 1.29 is 9.18 Å². The highest BCUT2D eigenvalue weighted by Gasteiger charge is 2.28. The highest BCUT2D eigenvalue weighted by Crippen LogP contribution is 2.33. The molecule has 4 aromatic rings. The molecule has 2 aromatic carbocycles. The maximum absolute atomic E-state index is 13.5. The molecule has 8 heteroatoms. The zero-order valence-electron chi connectivity index (χ0n) is 15.8. The second kappa shape index (κ2) is 7.35. The Hall–Kier alpha value is -2.58. The van der Waals surface area contributed by atoms with E-state index in [1.807, 2.05) is 25.1 Å². The molecular weight excluding hydrogens is 407 g/mol. The summed E-state index contributed by atoms with van der Waals surface area (Å²) < 4.78 is 15.4. The lowest BCUT2D eigenvalue weighted by atomic mass is 9.97. The van der Waals surface area contributed by atoms with E-state index in [-0.39, 0.29) is 17.6 Å². The van der Waals surface area contributed by atoms with Gasteiger partial charge in [-0.1, -0.05) is 34.8 Å². The fourth-order valence-corrected chi connectivity index (χ4v) is 5.71. The summed E-state index contributed by atoms with van der Waals surface area (Å²) in [5.74, 6) is -0.381. The number of nitrogens with one attached hydrogen (secondary N) is 1. The van der Waals surface area contributed by atoms with Gasteiger partial charge in [0.15, 0.2) is 10.3 Å². The maximum Gasteiger partial charge on any atom is 0.231 e. The number of fused-ring (bicyclic) bond motifs is 2. The average Bonchev–Trinajstić information content (AvgIpc) is 3.32. The summed E-state index contributed by atoms with van der Waals surface area (Å²) >= 11 is 2.98. The van der Waals surface area contributed by atoms with Crippen molar-refractivity contribution in [1.82, 2.24) is 9.97 Å². The van der Waals surface area contributed by atoms with E-state index in [1.54, 1.807) is 6.07 Å². The van der Waals surface area contributed by atoms with E-state index < -0.39 is 0 Å². The molecule has 29 heavy (non-hydrogen) atoms. The van der Waals surface area contributed by atoms with Crippen LogP contribution in [0.25, 0.3) is 20.4 Å². The molecule has 0 saturated carbocycles. The molecule has 0 radical (unpaired) electrons. The van der Waals surface area contributed by atoms with Crippen molar-refractivity contribution in [3.8, 4) is 0 Å². The van der Waals surface area contributed by atoms with E-state index in [9.17, 15) is 9.18 Å². The monoisotopic (exact) mass is 426 g/mol. The number of carbonyl (C=O) groups excluding carboxylic acids is 1. The third-order valence-electron chi connectivity index (χ3n) is 5.25. The van der Waals surface area contributed by atoms with Gasteiger partial charge in [-0.2, -0.15) is 0 Å². The molecule has 5 nitrogen and oxygen atoms in total. The van der Waals surface area contributed by atoms with Crippen LogP contribution in [0.1, 0.15) is 18.4 Å².